The second kappa shape index (κ2) is 4.53. The molecule has 5 nitrogen and oxygen atoms in total. The molecule has 0 saturated carbocycles. The summed E-state index contributed by atoms with van der Waals surface area (Å²) in [6.07, 6.45) is 1.29. The molecule has 1 amide bonds. The number of carbonyl (C=O) groups is 1. The molecule has 0 radical (unpaired) electrons. The van der Waals surface area contributed by atoms with Crippen LogP contribution in [0.3, 0.4) is 0 Å². The summed E-state index contributed by atoms with van der Waals surface area (Å²) in [5.74, 6) is -0.116. The van der Waals surface area contributed by atoms with Crippen molar-refractivity contribution in [3.8, 4) is 5.75 Å². The summed E-state index contributed by atoms with van der Waals surface area (Å²) in [5.41, 5.74) is 0.523. The first-order chi connectivity index (χ1) is 7.97. The van der Waals surface area contributed by atoms with Gasteiger partial charge >= 0.3 is 7.66 Å². The fourth-order valence-electron chi connectivity index (χ4n) is 1.32. The van der Waals surface area contributed by atoms with E-state index in [-0.39, 0.29) is 0 Å². The van der Waals surface area contributed by atoms with Crippen molar-refractivity contribution in [1.82, 2.24) is 5.09 Å². The molecule has 1 aromatic carbocycles. The minimum atomic E-state index is -3.30. The van der Waals surface area contributed by atoms with E-state index >= 15 is 0 Å². The third kappa shape index (κ3) is 3.09. The number of allylic oxidation sites excluding steroid dienone is 1. The Bertz CT molecular complexity index is 539. The Morgan fingerprint density at radius 3 is 2.65 bits per heavy atom. The Morgan fingerprint density at radius 1 is 1.41 bits per heavy atom. The summed E-state index contributed by atoms with van der Waals surface area (Å²) in [5, 5.41) is 3.23. The van der Waals surface area contributed by atoms with Crippen molar-refractivity contribution in [2.45, 2.75) is 6.92 Å². The maximum absolute atomic E-state index is 11.2. The lowest BCUT2D eigenvalue weighted by Gasteiger charge is -2.22. The van der Waals surface area contributed by atoms with Crippen molar-refractivity contribution in [3.05, 3.63) is 41.1 Å². The van der Waals surface area contributed by atoms with Crippen molar-refractivity contribution in [2.24, 2.45) is 4.74 Å². The summed E-state index contributed by atoms with van der Waals surface area (Å²) in [7, 11) is -3.30. The summed E-state index contributed by atoms with van der Waals surface area (Å²) in [6, 6.07) is 6.43. The lowest BCUT2D eigenvalue weighted by molar-refractivity contribution is -0.113. The molecule has 90 valence electrons. The number of hydrogen-bond acceptors (Lipinski definition) is 3. The molecule has 2 rings (SSSR count). The zero-order valence-corrected chi connectivity index (χ0v) is 10.6. The standard InChI is InChI=1S/C10H10ClN2O3P/c1-7-6-10(14)13-17(15,12-7)16-9-4-2-8(11)3-5-9/h2-6,15H,1H3,(H,12,14). The maximum atomic E-state index is 11.2. The van der Waals surface area contributed by atoms with Gasteiger partial charge < -0.3 is 14.5 Å². The molecule has 1 aromatic rings. The molecule has 0 saturated heterocycles. The molecule has 1 atom stereocenters. The minimum Gasteiger partial charge on any atom is -0.423 e. The molecule has 1 heterocycles. The van der Waals surface area contributed by atoms with Gasteiger partial charge in [-0.05, 0) is 31.2 Å². The van der Waals surface area contributed by atoms with Crippen molar-refractivity contribution < 1.29 is 14.2 Å². The first kappa shape index (κ1) is 12.2. The number of carbonyl (C=O) groups excluding carboxylic acids is 1. The molecular formula is C10H10ClN2O3P. The number of rotatable bonds is 2. The number of halogens is 1. The molecule has 2 N–H and O–H groups in total. The molecule has 0 aliphatic carbocycles. The molecule has 1 aliphatic heterocycles. The van der Waals surface area contributed by atoms with Gasteiger partial charge in [0.1, 0.15) is 5.75 Å². The Labute approximate surface area is 103 Å². The number of nitrogens with one attached hydrogen (secondary N) is 1. The van der Waals surface area contributed by atoms with Crippen LogP contribution in [0.2, 0.25) is 5.02 Å². The largest absolute Gasteiger partial charge is 0.423 e. The molecular weight excluding hydrogens is 263 g/mol. The second-order valence-corrected chi connectivity index (χ2v) is 5.60. The Balaban J connectivity index is 2.24. The van der Waals surface area contributed by atoms with Crippen LogP contribution in [-0.2, 0) is 4.79 Å². The Morgan fingerprint density at radius 2 is 2.06 bits per heavy atom. The van der Waals surface area contributed by atoms with Crippen LogP contribution in [-0.4, -0.2) is 10.8 Å². The Hall–Kier alpha value is -1.29. The van der Waals surface area contributed by atoms with Crippen molar-refractivity contribution in [3.63, 3.8) is 0 Å². The van der Waals surface area contributed by atoms with E-state index in [0.717, 1.165) is 0 Å². The molecule has 1 unspecified atom stereocenters. The quantitative estimate of drug-likeness (QED) is 0.812. The van der Waals surface area contributed by atoms with Gasteiger partial charge in [-0.2, -0.15) is 0 Å². The van der Waals surface area contributed by atoms with E-state index in [9.17, 15) is 9.69 Å². The highest BCUT2D eigenvalue weighted by atomic mass is 35.5. The molecule has 0 fully saturated rings. The molecule has 0 spiro atoms. The summed E-state index contributed by atoms with van der Waals surface area (Å²) >= 11 is 5.72. The van der Waals surface area contributed by atoms with E-state index in [4.69, 9.17) is 16.1 Å². The van der Waals surface area contributed by atoms with Gasteiger partial charge in [-0.1, -0.05) is 11.6 Å². The van der Waals surface area contributed by atoms with Gasteiger partial charge in [0.05, 0.1) is 0 Å². The number of benzene rings is 1. The lowest BCUT2D eigenvalue weighted by Crippen LogP contribution is -2.17. The highest BCUT2D eigenvalue weighted by molar-refractivity contribution is 7.54. The molecule has 17 heavy (non-hydrogen) atoms. The van der Waals surface area contributed by atoms with Crippen LogP contribution in [0.1, 0.15) is 6.92 Å². The third-order valence-electron chi connectivity index (χ3n) is 1.94. The number of hydrogen-bond donors (Lipinski definition) is 2. The zero-order chi connectivity index (χ0) is 12.5. The van der Waals surface area contributed by atoms with Crippen LogP contribution in [0, 0.1) is 0 Å². The van der Waals surface area contributed by atoms with E-state index in [0.29, 0.717) is 16.5 Å². The third-order valence-corrected chi connectivity index (χ3v) is 3.77. The number of nitrogens with zero attached hydrogens (tertiary/aromatic N) is 1. The fourth-order valence-corrected chi connectivity index (χ4v) is 2.85. The lowest BCUT2D eigenvalue weighted by atomic mass is 10.3. The smallest absolute Gasteiger partial charge is 0.373 e. The first-order valence-electron chi connectivity index (χ1n) is 4.78. The maximum Gasteiger partial charge on any atom is 0.373 e. The fraction of sp³-hybridized carbons (Fsp3) is 0.100. The van der Waals surface area contributed by atoms with Crippen LogP contribution < -0.4 is 9.61 Å². The van der Waals surface area contributed by atoms with Gasteiger partial charge in [0.25, 0.3) is 5.91 Å². The van der Waals surface area contributed by atoms with Gasteiger partial charge in [0, 0.05) is 16.8 Å². The molecule has 0 bridgehead atoms. The second-order valence-electron chi connectivity index (χ2n) is 3.47. The highest BCUT2D eigenvalue weighted by Crippen LogP contribution is 2.45. The highest BCUT2D eigenvalue weighted by Gasteiger charge is 2.24. The van der Waals surface area contributed by atoms with Gasteiger partial charge in [0.15, 0.2) is 0 Å². The van der Waals surface area contributed by atoms with Gasteiger partial charge in [0.2, 0.25) is 0 Å². The topological polar surface area (TPSA) is 70.9 Å². The van der Waals surface area contributed by atoms with E-state index in [1.807, 2.05) is 0 Å². The van der Waals surface area contributed by atoms with Crippen molar-refractivity contribution in [1.29, 1.82) is 0 Å². The molecule has 1 aliphatic rings. The summed E-state index contributed by atoms with van der Waals surface area (Å²) < 4.78 is 8.87. The van der Waals surface area contributed by atoms with E-state index in [1.54, 1.807) is 31.2 Å². The van der Waals surface area contributed by atoms with E-state index < -0.39 is 13.6 Å². The van der Waals surface area contributed by atoms with Gasteiger partial charge in [-0.15, -0.1) is 4.74 Å². The predicted molar refractivity (Wildman–Crippen MR) is 65.5 cm³/mol. The molecule has 7 heteroatoms. The van der Waals surface area contributed by atoms with E-state index in [1.165, 1.54) is 6.08 Å². The van der Waals surface area contributed by atoms with E-state index in [2.05, 4.69) is 9.83 Å². The van der Waals surface area contributed by atoms with Gasteiger partial charge in [-0.3, -0.25) is 4.79 Å². The van der Waals surface area contributed by atoms with Crippen molar-refractivity contribution in [2.75, 3.05) is 0 Å². The summed E-state index contributed by atoms with van der Waals surface area (Å²) in [4.78, 5) is 21.3. The SMILES string of the molecule is CC1=CC(=O)N=P(O)(Oc2ccc(Cl)cc2)N1. The number of amides is 1. The van der Waals surface area contributed by atoms with Crippen LogP contribution in [0.4, 0.5) is 0 Å². The van der Waals surface area contributed by atoms with Crippen molar-refractivity contribution >= 4 is 25.2 Å². The Kier molecular flexibility index (Phi) is 3.24. The summed E-state index contributed by atoms with van der Waals surface area (Å²) in [6.45, 7) is 1.66. The average Bonchev–Trinajstić information content (AvgIpc) is 2.19. The zero-order valence-electron chi connectivity index (χ0n) is 8.92. The first-order valence-corrected chi connectivity index (χ1v) is 6.77. The van der Waals surface area contributed by atoms with Crippen LogP contribution in [0.5, 0.6) is 5.75 Å². The monoisotopic (exact) mass is 272 g/mol. The normalized spacial score (nSPS) is 23.5. The van der Waals surface area contributed by atoms with Gasteiger partial charge in [-0.25, -0.2) is 0 Å². The van der Waals surface area contributed by atoms with Crippen LogP contribution >= 0.6 is 19.3 Å². The van der Waals surface area contributed by atoms with Crippen LogP contribution in [0.25, 0.3) is 0 Å². The predicted octanol–water partition coefficient (Wildman–Crippen LogP) is 2.69. The average molecular weight is 273 g/mol. The molecule has 0 aromatic heterocycles. The van der Waals surface area contributed by atoms with Crippen LogP contribution in [0.15, 0.2) is 40.8 Å². The minimum absolute atomic E-state index is 0.393.